The fraction of sp³-hybridized carbons (Fsp3) is 0.556. The highest BCUT2D eigenvalue weighted by Gasteiger charge is 2.23. The number of allylic oxidation sites excluding steroid dienone is 6. The molecule has 2 aliphatic carbocycles. The van der Waals surface area contributed by atoms with Crippen molar-refractivity contribution in [1.29, 1.82) is 0 Å². The van der Waals surface area contributed by atoms with Crippen LogP contribution < -0.4 is 0 Å². The first-order valence-corrected chi connectivity index (χ1v) is 7.99. The summed E-state index contributed by atoms with van der Waals surface area (Å²) in [5.41, 5.74) is 1.25. The quantitative estimate of drug-likeness (QED) is 0.501. The van der Waals surface area contributed by atoms with Crippen molar-refractivity contribution in [3.63, 3.8) is 0 Å². The summed E-state index contributed by atoms with van der Waals surface area (Å²) < 4.78 is 16.8. The van der Waals surface area contributed by atoms with Crippen molar-refractivity contribution in [2.75, 3.05) is 19.8 Å². The molecule has 1 saturated heterocycles. The molecule has 0 bridgehead atoms. The van der Waals surface area contributed by atoms with Gasteiger partial charge in [0, 0.05) is 0 Å². The van der Waals surface area contributed by atoms with Crippen LogP contribution in [0.2, 0.25) is 0 Å². The third-order valence-electron chi connectivity index (χ3n) is 3.75. The van der Waals surface area contributed by atoms with Crippen LogP contribution in [-0.2, 0) is 14.2 Å². The maximum absolute atomic E-state index is 5.80. The Hall–Kier alpha value is -1.48. The molecule has 2 fully saturated rings. The molecule has 0 spiro atoms. The van der Waals surface area contributed by atoms with E-state index in [1.165, 1.54) is 18.4 Å². The molecule has 3 nitrogen and oxygen atoms in total. The molecule has 1 aliphatic heterocycles. The molecule has 3 aliphatic rings. The largest absolute Gasteiger partial charge is 0.494 e. The third kappa shape index (κ3) is 5.09. The molecule has 0 amide bonds. The van der Waals surface area contributed by atoms with Crippen molar-refractivity contribution in [3.05, 3.63) is 47.5 Å². The summed E-state index contributed by atoms with van der Waals surface area (Å²) in [5, 5.41) is 0. The maximum Gasteiger partial charge on any atom is 0.117 e. The van der Waals surface area contributed by atoms with Gasteiger partial charge in [0.2, 0.25) is 0 Å². The Morgan fingerprint density at radius 1 is 1.33 bits per heavy atom. The monoisotopic (exact) mass is 288 g/mol. The van der Waals surface area contributed by atoms with E-state index in [-0.39, 0.29) is 0 Å². The van der Waals surface area contributed by atoms with Crippen LogP contribution in [0.15, 0.2) is 47.5 Å². The van der Waals surface area contributed by atoms with Crippen LogP contribution in [0, 0.1) is 5.92 Å². The number of hydrogen-bond donors (Lipinski definition) is 0. The van der Waals surface area contributed by atoms with Gasteiger partial charge in [0.15, 0.2) is 0 Å². The highest BCUT2D eigenvalue weighted by molar-refractivity contribution is 5.36. The van der Waals surface area contributed by atoms with E-state index in [1.54, 1.807) is 0 Å². The van der Waals surface area contributed by atoms with Crippen molar-refractivity contribution in [2.45, 2.75) is 38.7 Å². The minimum absolute atomic E-state index is 0.299. The first kappa shape index (κ1) is 14.5. The fourth-order valence-corrected chi connectivity index (χ4v) is 2.15. The number of hydrogen-bond acceptors (Lipinski definition) is 3. The van der Waals surface area contributed by atoms with Gasteiger partial charge in [0.05, 0.1) is 13.2 Å². The van der Waals surface area contributed by atoms with Gasteiger partial charge in [0.25, 0.3) is 0 Å². The Morgan fingerprint density at radius 3 is 2.81 bits per heavy atom. The molecule has 0 aromatic rings. The van der Waals surface area contributed by atoms with Gasteiger partial charge in [-0.25, -0.2) is 0 Å². The Bertz CT molecular complexity index is 477. The highest BCUT2D eigenvalue weighted by atomic mass is 16.6. The van der Waals surface area contributed by atoms with Gasteiger partial charge in [-0.3, -0.25) is 0 Å². The van der Waals surface area contributed by atoms with Gasteiger partial charge in [0.1, 0.15) is 24.2 Å². The van der Waals surface area contributed by atoms with Gasteiger partial charge in [-0.15, -0.1) is 0 Å². The minimum atomic E-state index is 0.299. The molecule has 0 radical (unpaired) electrons. The van der Waals surface area contributed by atoms with Crippen LogP contribution in [0.1, 0.15) is 32.6 Å². The van der Waals surface area contributed by atoms with Gasteiger partial charge in [-0.2, -0.15) is 0 Å². The second kappa shape index (κ2) is 6.99. The molecule has 0 aromatic carbocycles. The number of ether oxygens (including phenoxy) is 3. The van der Waals surface area contributed by atoms with Crippen LogP contribution in [0.5, 0.6) is 0 Å². The summed E-state index contributed by atoms with van der Waals surface area (Å²) in [6, 6.07) is 0. The molecular formula is C18H24O3. The van der Waals surface area contributed by atoms with Crippen LogP contribution in [0.25, 0.3) is 0 Å². The summed E-state index contributed by atoms with van der Waals surface area (Å²) in [4.78, 5) is 0. The van der Waals surface area contributed by atoms with Gasteiger partial charge < -0.3 is 14.2 Å². The molecule has 3 rings (SSSR count). The SMILES string of the molecule is CC/C=C(\C=C1\C=CC(OCC2CC2)=CC1)OCC1CO1. The first-order valence-electron chi connectivity index (χ1n) is 7.99. The molecule has 1 atom stereocenters. The highest BCUT2D eigenvalue weighted by Crippen LogP contribution is 2.30. The number of rotatable bonds is 8. The van der Waals surface area contributed by atoms with E-state index in [2.05, 4.69) is 37.3 Å². The van der Waals surface area contributed by atoms with Crippen molar-refractivity contribution in [3.8, 4) is 0 Å². The van der Waals surface area contributed by atoms with Crippen LogP contribution in [-0.4, -0.2) is 25.9 Å². The molecule has 1 saturated carbocycles. The van der Waals surface area contributed by atoms with E-state index >= 15 is 0 Å². The molecule has 0 aromatic heterocycles. The Kier molecular flexibility index (Phi) is 4.81. The summed E-state index contributed by atoms with van der Waals surface area (Å²) >= 11 is 0. The normalized spacial score (nSPS) is 26.7. The van der Waals surface area contributed by atoms with Crippen LogP contribution >= 0.6 is 0 Å². The lowest BCUT2D eigenvalue weighted by molar-refractivity contribution is 0.192. The molecule has 21 heavy (non-hydrogen) atoms. The Balaban J connectivity index is 1.50. The second-order valence-electron chi connectivity index (χ2n) is 5.90. The van der Waals surface area contributed by atoms with Gasteiger partial charge in [-0.05, 0) is 61.5 Å². The standard InChI is InChI=1S/C18H24O3/c1-2-3-17(20-12-18-13-21-18)10-14-6-8-16(9-7-14)19-11-15-4-5-15/h3,6,8-10,15,18H,2,4-5,7,11-13H2,1H3/b14-10-,17-3+. The summed E-state index contributed by atoms with van der Waals surface area (Å²) in [5.74, 6) is 2.75. The van der Waals surface area contributed by atoms with E-state index in [0.717, 1.165) is 43.5 Å². The maximum atomic E-state index is 5.80. The van der Waals surface area contributed by atoms with E-state index in [9.17, 15) is 0 Å². The first-order chi connectivity index (χ1) is 10.3. The molecule has 0 N–H and O–H groups in total. The Labute approximate surface area is 127 Å². The van der Waals surface area contributed by atoms with Gasteiger partial charge >= 0.3 is 0 Å². The minimum Gasteiger partial charge on any atom is -0.494 e. The molecule has 3 heteroatoms. The summed E-state index contributed by atoms with van der Waals surface area (Å²) in [6.07, 6.45) is 15.4. The lowest BCUT2D eigenvalue weighted by Gasteiger charge is -2.12. The average molecular weight is 288 g/mol. The average Bonchev–Trinajstić information content (AvgIpc) is 3.39. The lowest BCUT2D eigenvalue weighted by atomic mass is 10.1. The van der Waals surface area contributed by atoms with Gasteiger partial charge in [-0.1, -0.05) is 13.0 Å². The molecular weight excluding hydrogens is 264 g/mol. The van der Waals surface area contributed by atoms with E-state index in [1.807, 2.05) is 0 Å². The zero-order valence-corrected chi connectivity index (χ0v) is 12.7. The third-order valence-corrected chi connectivity index (χ3v) is 3.75. The predicted molar refractivity (Wildman–Crippen MR) is 82.7 cm³/mol. The van der Waals surface area contributed by atoms with Crippen LogP contribution in [0.4, 0.5) is 0 Å². The van der Waals surface area contributed by atoms with Crippen LogP contribution in [0.3, 0.4) is 0 Å². The Morgan fingerprint density at radius 2 is 2.19 bits per heavy atom. The zero-order chi connectivity index (χ0) is 14.5. The van der Waals surface area contributed by atoms with Crippen molar-refractivity contribution in [1.82, 2.24) is 0 Å². The van der Waals surface area contributed by atoms with E-state index < -0.39 is 0 Å². The smallest absolute Gasteiger partial charge is 0.117 e. The predicted octanol–water partition coefficient (Wildman–Crippen LogP) is 3.89. The molecule has 1 heterocycles. The summed E-state index contributed by atoms with van der Waals surface area (Å²) in [7, 11) is 0. The number of epoxide rings is 1. The van der Waals surface area contributed by atoms with Crippen molar-refractivity contribution in [2.24, 2.45) is 5.92 Å². The fourth-order valence-electron chi connectivity index (χ4n) is 2.15. The van der Waals surface area contributed by atoms with Crippen molar-refractivity contribution >= 4 is 0 Å². The van der Waals surface area contributed by atoms with E-state index in [0.29, 0.717) is 12.7 Å². The molecule has 114 valence electrons. The lowest BCUT2D eigenvalue weighted by Crippen LogP contribution is -2.01. The zero-order valence-electron chi connectivity index (χ0n) is 12.7. The topological polar surface area (TPSA) is 31.0 Å². The van der Waals surface area contributed by atoms with E-state index in [4.69, 9.17) is 14.2 Å². The van der Waals surface area contributed by atoms with Crippen molar-refractivity contribution < 1.29 is 14.2 Å². The molecule has 1 unspecified atom stereocenters. The summed E-state index contributed by atoms with van der Waals surface area (Å²) in [6.45, 7) is 4.49. The second-order valence-corrected chi connectivity index (χ2v) is 5.90.